The van der Waals surface area contributed by atoms with E-state index in [1.54, 1.807) is 6.26 Å². The van der Waals surface area contributed by atoms with E-state index in [-0.39, 0.29) is 17.6 Å². The van der Waals surface area contributed by atoms with E-state index in [1.165, 1.54) is 11.3 Å². The van der Waals surface area contributed by atoms with Gasteiger partial charge in [-0.2, -0.15) is 5.10 Å². The SMILES string of the molecule is Cn1nc(CN(Cc2ccco2)C(=O)C2CCC(=O)CC2)c2c1CCC2. The summed E-state index contributed by atoms with van der Waals surface area (Å²) < 4.78 is 7.45. The van der Waals surface area contributed by atoms with Crippen molar-refractivity contribution in [3.05, 3.63) is 41.1 Å². The maximum absolute atomic E-state index is 13.2. The maximum Gasteiger partial charge on any atom is 0.226 e. The van der Waals surface area contributed by atoms with Crippen LogP contribution in [0.15, 0.2) is 22.8 Å². The molecular formula is C20H25N3O3. The molecule has 2 heterocycles. The molecule has 6 nitrogen and oxygen atoms in total. The Balaban J connectivity index is 1.55. The van der Waals surface area contributed by atoms with Gasteiger partial charge in [-0.05, 0) is 49.8 Å². The molecule has 26 heavy (non-hydrogen) atoms. The quantitative estimate of drug-likeness (QED) is 0.827. The van der Waals surface area contributed by atoms with Crippen LogP contribution in [0, 0.1) is 5.92 Å². The van der Waals surface area contributed by atoms with E-state index in [9.17, 15) is 9.59 Å². The number of nitrogens with zero attached hydrogens (tertiary/aromatic N) is 3. The molecule has 138 valence electrons. The molecule has 1 fully saturated rings. The molecule has 0 unspecified atom stereocenters. The highest BCUT2D eigenvalue weighted by molar-refractivity contribution is 5.84. The number of aryl methyl sites for hydroxylation is 1. The number of hydrogen-bond donors (Lipinski definition) is 0. The number of rotatable bonds is 5. The van der Waals surface area contributed by atoms with Crippen LogP contribution in [0.4, 0.5) is 0 Å². The molecule has 6 heteroatoms. The van der Waals surface area contributed by atoms with Crippen molar-refractivity contribution in [3.8, 4) is 0 Å². The number of fused-ring (bicyclic) bond motifs is 1. The third-order valence-corrected chi connectivity index (χ3v) is 5.67. The van der Waals surface area contributed by atoms with Gasteiger partial charge in [0.25, 0.3) is 0 Å². The number of amides is 1. The molecule has 1 amide bonds. The van der Waals surface area contributed by atoms with Gasteiger partial charge in [0.2, 0.25) is 5.91 Å². The van der Waals surface area contributed by atoms with Crippen molar-refractivity contribution in [2.75, 3.05) is 0 Å². The normalized spacial score (nSPS) is 17.5. The van der Waals surface area contributed by atoms with E-state index in [2.05, 4.69) is 5.10 Å². The molecule has 2 aromatic rings. The zero-order valence-corrected chi connectivity index (χ0v) is 15.2. The summed E-state index contributed by atoms with van der Waals surface area (Å²) in [5.74, 6) is 1.10. The summed E-state index contributed by atoms with van der Waals surface area (Å²) in [5, 5.41) is 4.68. The first kappa shape index (κ1) is 17.1. The highest BCUT2D eigenvalue weighted by atomic mass is 16.3. The summed E-state index contributed by atoms with van der Waals surface area (Å²) in [7, 11) is 1.99. The molecule has 0 N–H and O–H groups in total. The first-order valence-corrected chi connectivity index (χ1v) is 9.48. The van der Waals surface area contributed by atoms with E-state index < -0.39 is 0 Å². The standard InChI is InChI=1S/C20H25N3O3/c1-22-19-6-2-5-17(19)18(21-22)13-23(12-16-4-3-11-26-16)20(25)14-7-9-15(24)10-8-14/h3-4,11,14H,2,5-10,12-13H2,1H3. The van der Waals surface area contributed by atoms with Crippen molar-refractivity contribution < 1.29 is 14.0 Å². The van der Waals surface area contributed by atoms with Gasteiger partial charge in [0, 0.05) is 31.5 Å². The van der Waals surface area contributed by atoms with Gasteiger partial charge in [0.1, 0.15) is 11.5 Å². The van der Waals surface area contributed by atoms with Crippen molar-refractivity contribution in [2.45, 2.75) is 58.0 Å². The molecule has 0 spiro atoms. The molecule has 2 aliphatic carbocycles. The second-order valence-corrected chi connectivity index (χ2v) is 7.44. The molecular weight excluding hydrogens is 330 g/mol. The monoisotopic (exact) mass is 355 g/mol. The van der Waals surface area contributed by atoms with Crippen molar-refractivity contribution in [1.29, 1.82) is 0 Å². The predicted molar refractivity (Wildman–Crippen MR) is 95.2 cm³/mol. The molecule has 0 bridgehead atoms. The van der Waals surface area contributed by atoms with E-state index in [4.69, 9.17) is 4.42 Å². The lowest BCUT2D eigenvalue weighted by molar-refractivity contribution is -0.139. The Morgan fingerprint density at radius 1 is 1.27 bits per heavy atom. The zero-order valence-electron chi connectivity index (χ0n) is 15.2. The minimum atomic E-state index is -0.0700. The predicted octanol–water partition coefficient (Wildman–Crippen LogP) is 2.79. The fourth-order valence-electron chi connectivity index (χ4n) is 4.25. The summed E-state index contributed by atoms with van der Waals surface area (Å²) in [4.78, 5) is 26.6. The number of Topliss-reactive ketones (excluding diaryl/α,β-unsaturated/α-hetero) is 1. The van der Waals surface area contributed by atoms with Gasteiger partial charge in [-0.1, -0.05) is 0 Å². The van der Waals surface area contributed by atoms with Crippen LogP contribution in [-0.2, 0) is 42.6 Å². The maximum atomic E-state index is 13.2. The Labute approximate surface area is 153 Å². The van der Waals surface area contributed by atoms with Crippen molar-refractivity contribution in [1.82, 2.24) is 14.7 Å². The molecule has 0 aliphatic heterocycles. The zero-order chi connectivity index (χ0) is 18.1. The number of furan rings is 1. The molecule has 0 atom stereocenters. The second kappa shape index (κ2) is 7.09. The summed E-state index contributed by atoms with van der Waals surface area (Å²) in [5.41, 5.74) is 3.61. The lowest BCUT2D eigenvalue weighted by Crippen LogP contribution is -2.37. The number of ketones is 1. The molecule has 1 saturated carbocycles. The Kier molecular flexibility index (Phi) is 4.66. The molecule has 2 aromatic heterocycles. The van der Waals surface area contributed by atoms with Crippen molar-refractivity contribution in [2.24, 2.45) is 13.0 Å². The Hall–Kier alpha value is -2.37. The van der Waals surface area contributed by atoms with Gasteiger partial charge < -0.3 is 9.32 Å². The van der Waals surface area contributed by atoms with Gasteiger partial charge in [-0.25, -0.2) is 0 Å². The van der Waals surface area contributed by atoms with Crippen LogP contribution in [-0.4, -0.2) is 26.4 Å². The van der Waals surface area contributed by atoms with Crippen LogP contribution in [0.1, 0.15) is 54.8 Å². The van der Waals surface area contributed by atoms with Gasteiger partial charge >= 0.3 is 0 Å². The van der Waals surface area contributed by atoms with E-state index in [1.807, 2.05) is 28.8 Å². The Bertz CT molecular complexity index is 797. The van der Waals surface area contributed by atoms with E-state index in [0.29, 0.717) is 38.8 Å². The van der Waals surface area contributed by atoms with Gasteiger partial charge in [-0.3, -0.25) is 14.3 Å². The lowest BCUT2D eigenvalue weighted by atomic mass is 9.87. The van der Waals surface area contributed by atoms with Gasteiger partial charge in [-0.15, -0.1) is 0 Å². The summed E-state index contributed by atoms with van der Waals surface area (Å²) >= 11 is 0. The Morgan fingerprint density at radius 2 is 2.08 bits per heavy atom. The third kappa shape index (κ3) is 3.32. The average Bonchev–Trinajstić information content (AvgIpc) is 3.36. The van der Waals surface area contributed by atoms with Crippen LogP contribution in [0.25, 0.3) is 0 Å². The molecule has 0 radical (unpaired) electrons. The topological polar surface area (TPSA) is 68.3 Å². The number of carbonyl (C=O) groups excluding carboxylic acids is 2. The van der Waals surface area contributed by atoms with Crippen LogP contribution in [0.3, 0.4) is 0 Å². The molecule has 2 aliphatic rings. The molecule has 0 aromatic carbocycles. The Morgan fingerprint density at radius 3 is 2.81 bits per heavy atom. The highest BCUT2D eigenvalue weighted by Crippen LogP contribution is 2.28. The van der Waals surface area contributed by atoms with Gasteiger partial charge in [0.05, 0.1) is 25.0 Å². The van der Waals surface area contributed by atoms with Crippen LogP contribution >= 0.6 is 0 Å². The minimum absolute atomic E-state index is 0.0700. The average molecular weight is 355 g/mol. The van der Waals surface area contributed by atoms with Crippen LogP contribution in [0.2, 0.25) is 0 Å². The van der Waals surface area contributed by atoms with Crippen molar-refractivity contribution >= 4 is 11.7 Å². The van der Waals surface area contributed by atoms with Crippen molar-refractivity contribution in [3.63, 3.8) is 0 Å². The van der Waals surface area contributed by atoms with E-state index in [0.717, 1.165) is 30.7 Å². The fraction of sp³-hybridized carbons (Fsp3) is 0.550. The summed E-state index contributed by atoms with van der Waals surface area (Å²) in [6, 6.07) is 3.74. The minimum Gasteiger partial charge on any atom is -0.467 e. The second-order valence-electron chi connectivity index (χ2n) is 7.44. The third-order valence-electron chi connectivity index (χ3n) is 5.67. The lowest BCUT2D eigenvalue weighted by Gasteiger charge is -2.28. The highest BCUT2D eigenvalue weighted by Gasteiger charge is 2.31. The first-order valence-electron chi connectivity index (χ1n) is 9.48. The number of carbonyl (C=O) groups is 2. The fourth-order valence-corrected chi connectivity index (χ4v) is 4.25. The largest absolute Gasteiger partial charge is 0.467 e. The van der Waals surface area contributed by atoms with Crippen LogP contribution in [0.5, 0.6) is 0 Å². The summed E-state index contributed by atoms with van der Waals surface area (Å²) in [6.07, 6.45) is 7.25. The number of hydrogen-bond acceptors (Lipinski definition) is 4. The molecule has 0 saturated heterocycles. The number of aromatic nitrogens is 2. The molecule has 4 rings (SSSR count). The van der Waals surface area contributed by atoms with E-state index >= 15 is 0 Å². The van der Waals surface area contributed by atoms with Crippen LogP contribution < -0.4 is 0 Å². The summed E-state index contributed by atoms with van der Waals surface area (Å²) in [6.45, 7) is 0.953. The first-order chi connectivity index (χ1) is 12.6. The smallest absolute Gasteiger partial charge is 0.226 e. The van der Waals surface area contributed by atoms with Gasteiger partial charge in [0.15, 0.2) is 0 Å².